The Bertz CT molecular complexity index is 581. The molecule has 0 saturated heterocycles. The van der Waals surface area contributed by atoms with E-state index in [9.17, 15) is 18.4 Å². The number of aldehydes is 1. The Balaban J connectivity index is 2.28. The summed E-state index contributed by atoms with van der Waals surface area (Å²) in [7, 11) is 0. The number of hydrogen-bond acceptors (Lipinski definition) is 3. The highest BCUT2D eigenvalue weighted by Gasteiger charge is 2.33. The fraction of sp³-hybridized carbons (Fsp3) is 0.500. The summed E-state index contributed by atoms with van der Waals surface area (Å²) in [6.07, 6.45) is -2.18. The van der Waals surface area contributed by atoms with Crippen molar-refractivity contribution in [3.8, 4) is 0 Å². The number of rotatable bonds is 2. The SMILES string of the molecule is CC(C)(C)OC(=O)N1Cc2cc(C(F)F)ccc2CC1C=O. The van der Waals surface area contributed by atoms with E-state index in [2.05, 4.69) is 0 Å². The van der Waals surface area contributed by atoms with Crippen LogP contribution in [0.2, 0.25) is 0 Å². The number of amides is 1. The zero-order valence-electron chi connectivity index (χ0n) is 12.8. The van der Waals surface area contributed by atoms with Gasteiger partial charge < -0.3 is 9.53 Å². The molecule has 0 saturated carbocycles. The Labute approximate surface area is 128 Å². The van der Waals surface area contributed by atoms with Crippen LogP contribution in [0, 0.1) is 0 Å². The second-order valence-corrected chi connectivity index (χ2v) is 6.34. The Morgan fingerprint density at radius 1 is 1.36 bits per heavy atom. The van der Waals surface area contributed by atoms with Gasteiger partial charge in [0.2, 0.25) is 0 Å². The predicted molar refractivity (Wildman–Crippen MR) is 76.7 cm³/mol. The normalized spacial score (nSPS) is 18.1. The van der Waals surface area contributed by atoms with E-state index in [0.29, 0.717) is 18.3 Å². The standard InChI is InChI=1S/C16H19F2NO3/c1-16(2,3)22-15(21)19-8-12-6-11(14(17)18)5-4-10(12)7-13(19)9-20/h4-6,9,13-14H,7-8H2,1-3H3. The zero-order chi connectivity index (χ0) is 16.5. The monoisotopic (exact) mass is 311 g/mol. The Hall–Kier alpha value is -1.98. The molecule has 0 spiro atoms. The molecule has 1 aromatic rings. The molecule has 2 rings (SSSR count). The van der Waals surface area contributed by atoms with Gasteiger partial charge in [0, 0.05) is 12.0 Å². The summed E-state index contributed by atoms with van der Waals surface area (Å²) in [5, 5.41) is 0. The molecule has 1 aliphatic rings. The van der Waals surface area contributed by atoms with Crippen molar-refractivity contribution >= 4 is 12.4 Å². The molecule has 1 atom stereocenters. The number of nitrogens with zero attached hydrogens (tertiary/aromatic N) is 1. The van der Waals surface area contributed by atoms with E-state index < -0.39 is 24.2 Å². The summed E-state index contributed by atoms with van der Waals surface area (Å²) in [5.74, 6) is 0. The van der Waals surface area contributed by atoms with E-state index in [1.165, 1.54) is 17.0 Å². The quantitative estimate of drug-likeness (QED) is 0.786. The lowest BCUT2D eigenvalue weighted by atomic mass is 9.93. The zero-order valence-corrected chi connectivity index (χ0v) is 12.8. The van der Waals surface area contributed by atoms with Crippen molar-refractivity contribution in [2.24, 2.45) is 0 Å². The van der Waals surface area contributed by atoms with Crippen LogP contribution in [0.3, 0.4) is 0 Å². The Morgan fingerprint density at radius 3 is 2.59 bits per heavy atom. The fourth-order valence-electron chi connectivity index (χ4n) is 2.41. The number of benzene rings is 1. The molecule has 0 radical (unpaired) electrons. The van der Waals surface area contributed by atoms with E-state index in [1.54, 1.807) is 26.8 Å². The molecule has 1 heterocycles. The van der Waals surface area contributed by atoms with Crippen LogP contribution in [0.4, 0.5) is 13.6 Å². The van der Waals surface area contributed by atoms with Crippen LogP contribution in [0.15, 0.2) is 18.2 Å². The first kappa shape index (κ1) is 16.4. The third-order valence-electron chi connectivity index (χ3n) is 3.44. The molecular formula is C16H19F2NO3. The second-order valence-electron chi connectivity index (χ2n) is 6.34. The van der Waals surface area contributed by atoms with E-state index in [-0.39, 0.29) is 12.1 Å². The van der Waals surface area contributed by atoms with Gasteiger partial charge in [-0.1, -0.05) is 12.1 Å². The lowest BCUT2D eigenvalue weighted by Crippen LogP contribution is -2.47. The van der Waals surface area contributed by atoms with Gasteiger partial charge in [-0.3, -0.25) is 4.90 Å². The van der Waals surface area contributed by atoms with Gasteiger partial charge in [0.15, 0.2) is 0 Å². The lowest BCUT2D eigenvalue weighted by molar-refractivity contribution is -0.113. The third kappa shape index (κ3) is 3.61. The highest BCUT2D eigenvalue weighted by Crippen LogP contribution is 2.28. The van der Waals surface area contributed by atoms with Crippen molar-refractivity contribution in [2.45, 2.75) is 51.8 Å². The molecule has 120 valence electrons. The first-order valence-electron chi connectivity index (χ1n) is 7.06. The average molecular weight is 311 g/mol. The highest BCUT2D eigenvalue weighted by atomic mass is 19.3. The van der Waals surface area contributed by atoms with Crippen molar-refractivity contribution in [2.75, 3.05) is 0 Å². The van der Waals surface area contributed by atoms with Gasteiger partial charge in [-0.05, 0) is 38.0 Å². The van der Waals surface area contributed by atoms with Crippen LogP contribution >= 0.6 is 0 Å². The third-order valence-corrected chi connectivity index (χ3v) is 3.44. The minimum atomic E-state index is -2.57. The van der Waals surface area contributed by atoms with Crippen LogP contribution in [0.1, 0.15) is 43.9 Å². The van der Waals surface area contributed by atoms with Crippen molar-refractivity contribution < 1.29 is 23.1 Å². The highest BCUT2D eigenvalue weighted by molar-refractivity contribution is 5.75. The molecule has 1 aromatic carbocycles. The Morgan fingerprint density at radius 2 is 2.05 bits per heavy atom. The molecule has 0 fully saturated rings. The van der Waals surface area contributed by atoms with Crippen LogP contribution < -0.4 is 0 Å². The van der Waals surface area contributed by atoms with Crippen LogP contribution in [-0.2, 0) is 22.5 Å². The second kappa shape index (κ2) is 6.02. The first-order valence-corrected chi connectivity index (χ1v) is 7.06. The summed E-state index contributed by atoms with van der Waals surface area (Å²) < 4.78 is 30.9. The van der Waals surface area contributed by atoms with Gasteiger partial charge in [-0.25, -0.2) is 13.6 Å². The van der Waals surface area contributed by atoms with E-state index in [4.69, 9.17) is 4.74 Å². The van der Waals surface area contributed by atoms with Crippen molar-refractivity contribution in [3.63, 3.8) is 0 Å². The predicted octanol–water partition coefficient (Wildman–Crippen LogP) is 3.48. The van der Waals surface area contributed by atoms with Gasteiger partial charge >= 0.3 is 6.09 Å². The maximum Gasteiger partial charge on any atom is 0.411 e. The minimum Gasteiger partial charge on any atom is -0.444 e. The Kier molecular flexibility index (Phi) is 4.49. The van der Waals surface area contributed by atoms with Crippen molar-refractivity contribution in [1.29, 1.82) is 0 Å². The summed E-state index contributed by atoms with van der Waals surface area (Å²) in [5.41, 5.74) is 0.658. The molecule has 6 heteroatoms. The first-order chi connectivity index (χ1) is 10.2. The summed E-state index contributed by atoms with van der Waals surface area (Å²) in [6.45, 7) is 5.28. The molecule has 0 aliphatic carbocycles. The van der Waals surface area contributed by atoms with E-state index in [1.807, 2.05) is 0 Å². The van der Waals surface area contributed by atoms with Gasteiger partial charge in [0.1, 0.15) is 11.9 Å². The average Bonchev–Trinajstić information content (AvgIpc) is 2.43. The largest absolute Gasteiger partial charge is 0.444 e. The molecule has 1 amide bonds. The van der Waals surface area contributed by atoms with Crippen LogP contribution in [0.5, 0.6) is 0 Å². The van der Waals surface area contributed by atoms with Gasteiger partial charge in [0.05, 0.1) is 12.6 Å². The maximum absolute atomic E-state index is 12.8. The number of hydrogen-bond donors (Lipinski definition) is 0. The molecule has 4 nitrogen and oxygen atoms in total. The number of ether oxygens (including phenoxy) is 1. The molecule has 22 heavy (non-hydrogen) atoms. The smallest absolute Gasteiger partial charge is 0.411 e. The van der Waals surface area contributed by atoms with Crippen LogP contribution in [0.25, 0.3) is 0 Å². The number of fused-ring (bicyclic) bond motifs is 1. The fourth-order valence-corrected chi connectivity index (χ4v) is 2.41. The van der Waals surface area contributed by atoms with Gasteiger partial charge in [0.25, 0.3) is 6.43 Å². The lowest BCUT2D eigenvalue weighted by Gasteiger charge is -2.35. The molecule has 1 aliphatic heterocycles. The number of alkyl halides is 2. The summed E-state index contributed by atoms with van der Waals surface area (Å²) in [6, 6.07) is 3.70. The van der Waals surface area contributed by atoms with E-state index in [0.717, 1.165) is 5.56 Å². The molecule has 0 aromatic heterocycles. The summed E-state index contributed by atoms with van der Waals surface area (Å²) >= 11 is 0. The van der Waals surface area contributed by atoms with Gasteiger partial charge in [-0.15, -0.1) is 0 Å². The molecule has 1 unspecified atom stereocenters. The van der Waals surface area contributed by atoms with Crippen molar-refractivity contribution in [3.05, 3.63) is 34.9 Å². The van der Waals surface area contributed by atoms with Gasteiger partial charge in [-0.2, -0.15) is 0 Å². The molecule has 0 bridgehead atoms. The number of carbonyl (C=O) groups is 2. The molecule has 0 N–H and O–H groups in total. The van der Waals surface area contributed by atoms with Crippen LogP contribution in [-0.4, -0.2) is 28.9 Å². The maximum atomic E-state index is 12.8. The minimum absolute atomic E-state index is 0.0903. The van der Waals surface area contributed by atoms with E-state index >= 15 is 0 Å². The van der Waals surface area contributed by atoms with Crippen molar-refractivity contribution in [1.82, 2.24) is 4.90 Å². The number of halogens is 2. The topological polar surface area (TPSA) is 46.6 Å². The number of carbonyl (C=O) groups excluding carboxylic acids is 2. The molecular weight excluding hydrogens is 292 g/mol. The summed E-state index contributed by atoms with van der Waals surface area (Å²) in [4.78, 5) is 24.8.